The maximum Gasteiger partial charge on any atom is 0.305 e. The molecule has 2 atom stereocenters. The van der Waals surface area contributed by atoms with Gasteiger partial charge in [-0.15, -0.1) is 0 Å². The van der Waals surface area contributed by atoms with Gasteiger partial charge < -0.3 is 10.4 Å². The standard InChI is InChI=1S/C18H22FN3O3/c1-11-8-12(2)22(21-11)13(3)9-17(23)20-16(10-18(24)25)14-4-6-15(19)7-5-14/h4-8,13,16H,9-10H2,1-3H3,(H,20,23)(H,24,25). The van der Waals surface area contributed by atoms with Gasteiger partial charge in [0.1, 0.15) is 5.82 Å². The molecule has 1 aromatic carbocycles. The summed E-state index contributed by atoms with van der Waals surface area (Å²) >= 11 is 0. The molecule has 0 aliphatic carbocycles. The molecule has 25 heavy (non-hydrogen) atoms. The fourth-order valence-corrected chi connectivity index (χ4v) is 2.82. The number of benzene rings is 1. The molecule has 2 aromatic rings. The summed E-state index contributed by atoms with van der Waals surface area (Å²) in [4.78, 5) is 23.4. The average Bonchev–Trinajstić information content (AvgIpc) is 2.85. The second-order valence-electron chi connectivity index (χ2n) is 6.19. The van der Waals surface area contributed by atoms with Crippen molar-refractivity contribution in [1.29, 1.82) is 0 Å². The lowest BCUT2D eigenvalue weighted by atomic mass is 10.0. The number of nitrogens with one attached hydrogen (secondary N) is 1. The highest BCUT2D eigenvalue weighted by atomic mass is 19.1. The van der Waals surface area contributed by atoms with Crippen LogP contribution in [0.1, 0.15) is 48.8 Å². The zero-order valence-corrected chi connectivity index (χ0v) is 14.5. The van der Waals surface area contributed by atoms with Crippen LogP contribution < -0.4 is 5.32 Å². The summed E-state index contributed by atoms with van der Waals surface area (Å²) < 4.78 is 14.8. The molecule has 0 aliphatic heterocycles. The number of aromatic nitrogens is 2. The Morgan fingerprint density at radius 1 is 1.24 bits per heavy atom. The first-order valence-electron chi connectivity index (χ1n) is 8.05. The minimum Gasteiger partial charge on any atom is -0.481 e. The highest BCUT2D eigenvalue weighted by Crippen LogP contribution is 2.19. The summed E-state index contributed by atoms with van der Waals surface area (Å²) in [5.74, 6) is -1.74. The molecule has 0 radical (unpaired) electrons. The number of carbonyl (C=O) groups excluding carboxylic acids is 1. The lowest BCUT2D eigenvalue weighted by molar-refractivity contribution is -0.137. The van der Waals surface area contributed by atoms with Gasteiger partial charge in [-0.3, -0.25) is 14.3 Å². The van der Waals surface area contributed by atoms with Crippen LogP contribution in [0.4, 0.5) is 4.39 Å². The van der Waals surface area contributed by atoms with Crippen molar-refractivity contribution in [2.45, 2.75) is 45.7 Å². The van der Waals surface area contributed by atoms with Gasteiger partial charge in [0, 0.05) is 12.1 Å². The molecular weight excluding hydrogens is 325 g/mol. The second kappa shape index (κ2) is 7.92. The van der Waals surface area contributed by atoms with Crippen molar-refractivity contribution in [3.63, 3.8) is 0 Å². The van der Waals surface area contributed by atoms with Crippen LogP contribution in [-0.4, -0.2) is 26.8 Å². The number of rotatable bonds is 7. The van der Waals surface area contributed by atoms with Crippen LogP contribution in [0.3, 0.4) is 0 Å². The van der Waals surface area contributed by atoms with Crippen molar-refractivity contribution in [2.24, 2.45) is 0 Å². The number of carboxylic acids is 1. The van der Waals surface area contributed by atoms with Gasteiger partial charge in [-0.1, -0.05) is 12.1 Å². The van der Waals surface area contributed by atoms with E-state index in [1.54, 1.807) is 4.68 Å². The number of hydrogen-bond donors (Lipinski definition) is 2. The number of nitrogens with zero attached hydrogens (tertiary/aromatic N) is 2. The van der Waals surface area contributed by atoms with Gasteiger partial charge in [-0.05, 0) is 44.5 Å². The van der Waals surface area contributed by atoms with E-state index in [1.165, 1.54) is 24.3 Å². The maximum atomic E-state index is 13.1. The van der Waals surface area contributed by atoms with Gasteiger partial charge in [0.05, 0.1) is 24.2 Å². The minimum absolute atomic E-state index is 0.160. The Balaban J connectivity index is 2.07. The summed E-state index contributed by atoms with van der Waals surface area (Å²) in [7, 11) is 0. The lowest BCUT2D eigenvalue weighted by Crippen LogP contribution is -2.31. The molecule has 2 N–H and O–H groups in total. The van der Waals surface area contributed by atoms with Crippen LogP contribution >= 0.6 is 0 Å². The first-order valence-corrected chi connectivity index (χ1v) is 8.05. The van der Waals surface area contributed by atoms with E-state index in [9.17, 15) is 14.0 Å². The predicted octanol–water partition coefficient (Wildman–Crippen LogP) is 2.92. The van der Waals surface area contributed by atoms with Crippen molar-refractivity contribution in [3.05, 3.63) is 53.1 Å². The SMILES string of the molecule is Cc1cc(C)n(C(C)CC(=O)NC(CC(=O)O)c2ccc(F)cc2)n1. The van der Waals surface area contributed by atoms with Gasteiger partial charge in [-0.25, -0.2) is 4.39 Å². The highest BCUT2D eigenvalue weighted by Gasteiger charge is 2.20. The van der Waals surface area contributed by atoms with Crippen LogP contribution in [0, 0.1) is 19.7 Å². The van der Waals surface area contributed by atoms with Gasteiger partial charge in [0.15, 0.2) is 0 Å². The van der Waals surface area contributed by atoms with E-state index >= 15 is 0 Å². The summed E-state index contributed by atoms with van der Waals surface area (Å²) in [6.07, 6.45) is -0.106. The molecule has 0 bridgehead atoms. The molecule has 6 nitrogen and oxygen atoms in total. The van der Waals surface area contributed by atoms with E-state index in [2.05, 4.69) is 10.4 Å². The smallest absolute Gasteiger partial charge is 0.305 e. The number of amides is 1. The molecule has 1 aromatic heterocycles. The van der Waals surface area contributed by atoms with E-state index < -0.39 is 17.8 Å². The van der Waals surface area contributed by atoms with Crippen LogP contribution in [0.25, 0.3) is 0 Å². The normalized spacial score (nSPS) is 13.3. The largest absolute Gasteiger partial charge is 0.481 e. The van der Waals surface area contributed by atoms with E-state index in [0.717, 1.165) is 11.4 Å². The van der Waals surface area contributed by atoms with Crippen molar-refractivity contribution in [2.75, 3.05) is 0 Å². The molecule has 2 unspecified atom stereocenters. The van der Waals surface area contributed by atoms with Crippen molar-refractivity contribution in [3.8, 4) is 0 Å². The molecule has 0 saturated carbocycles. The van der Waals surface area contributed by atoms with Crippen molar-refractivity contribution >= 4 is 11.9 Å². The Morgan fingerprint density at radius 3 is 2.40 bits per heavy atom. The minimum atomic E-state index is -1.04. The summed E-state index contributed by atoms with van der Waals surface area (Å²) in [5, 5.41) is 16.2. The van der Waals surface area contributed by atoms with Crippen LogP contribution in [0.5, 0.6) is 0 Å². The summed E-state index contributed by atoms with van der Waals surface area (Å²) in [6, 6.07) is 6.51. The third-order valence-corrected chi connectivity index (χ3v) is 3.93. The summed E-state index contributed by atoms with van der Waals surface area (Å²) in [5.41, 5.74) is 2.38. The van der Waals surface area contributed by atoms with Crippen LogP contribution in [-0.2, 0) is 9.59 Å². The van der Waals surface area contributed by atoms with Crippen molar-refractivity contribution in [1.82, 2.24) is 15.1 Å². The first kappa shape index (κ1) is 18.6. The molecule has 0 fully saturated rings. The molecule has 134 valence electrons. The van der Waals surface area contributed by atoms with Crippen molar-refractivity contribution < 1.29 is 19.1 Å². The number of hydrogen-bond acceptors (Lipinski definition) is 3. The molecule has 1 amide bonds. The fraction of sp³-hybridized carbons (Fsp3) is 0.389. The van der Waals surface area contributed by atoms with E-state index in [-0.39, 0.29) is 24.8 Å². The Kier molecular flexibility index (Phi) is 5.90. The van der Waals surface area contributed by atoms with Gasteiger partial charge in [0.2, 0.25) is 5.91 Å². The molecular formula is C18H22FN3O3. The monoisotopic (exact) mass is 347 g/mol. The van der Waals surface area contributed by atoms with Crippen LogP contribution in [0.15, 0.2) is 30.3 Å². The Labute approximate surface area is 145 Å². The van der Waals surface area contributed by atoms with E-state index in [1.807, 2.05) is 26.8 Å². The Hall–Kier alpha value is -2.70. The quantitative estimate of drug-likeness (QED) is 0.806. The van der Waals surface area contributed by atoms with Gasteiger partial charge >= 0.3 is 5.97 Å². The number of aryl methyl sites for hydroxylation is 2. The van der Waals surface area contributed by atoms with Crippen LogP contribution in [0.2, 0.25) is 0 Å². The predicted molar refractivity (Wildman–Crippen MR) is 90.6 cm³/mol. The molecule has 0 aliphatic rings. The summed E-state index contributed by atoms with van der Waals surface area (Å²) in [6.45, 7) is 5.68. The number of aliphatic carboxylic acids is 1. The third kappa shape index (κ3) is 5.14. The molecule has 0 saturated heterocycles. The molecule has 7 heteroatoms. The number of carbonyl (C=O) groups is 2. The zero-order chi connectivity index (χ0) is 18.6. The fourth-order valence-electron chi connectivity index (χ4n) is 2.82. The van der Waals surface area contributed by atoms with E-state index in [0.29, 0.717) is 5.56 Å². The van der Waals surface area contributed by atoms with Gasteiger partial charge in [-0.2, -0.15) is 5.10 Å². The zero-order valence-electron chi connectivity index (χ0n) is 14.5. The third-order valence-electron chi connectivity index (χ3n) is 3.93. The second-order valence-corrected chi connectivity index (χ2v) is 6.19. The van der Waals surface area contributed by atoms with E-state index in [4.69, 9.17) is 5.11 Å². The lowest BCUT2D eigenvalue weighted by Gasteiger charge is -2.20. The molecule has 0 spiro atoms. The molecule has 1 heterocycles. The maximum absolute atomic E-state index is 13.1. The average molecular weight is 347 g/mol. The van der Waals surface area contributed by atoms with Gasteiger partial charge in [0.25, 0.3) is 0 Å². The molecule has 2 rings (SSSR count). The Morgan fingerprint density at radius 2 is 1.88 bits per heavy atom. The number of carboxylic acid groups (broad SMARTS) is 1. The Bertz CT molecular complexity index is 755. The highest BCUT2D eigenvalue weighted by molar-refractivity contribution is 5.78. The topological polar surface area (TPSA) is 84.2 Å². The number of halogens is 1. The first-order chi connectivity index (χ1) is 11.8.